The Kier molecular flexibility index (Phi) is 4.40. The fraction of sp³-hybridized carbons (Fsp3) is 0.941. The summed E-state index contributed by atoms with van der Waals surface area (Å²) in [5.74, 6) is 0.972. The Morgan fingerprint density at radius 3 is 2.57 bits per heavy atom. The minimum atomic E-state index is -0.577. The van der Waals surface area contributed by atoms with Crippen LogP contribution in [0.15, 0.2) is 0 Å². The maximum atomic E-state index is 13.0. The van der Waals surface area contributed by atoms with E-state index in [1.807, 2.05) is 0 Å². The molecule has 2 N–H and O–H groups in total. The van der Waals surface area contributed by atoms with Crippen molar-refractivity contribution in [2.75, 3.05) is 19.8 Å². The average Bonchev–Trinajstić information content (AvgIpc) is 2.47. The Hall–Kier alpha value is -0.450. The SMILES string of the molecule is CC1CCCC(N)(C(=O)C2CCOC3(CCOCC3)C2)C1. The second-order valence-corrected chi connectivity index (χ2v) is 7.56. The minimum absolute atomic E-state index is 0.0900. The summed E-state index contributed by atoms with van der Waals surface area (Å²) in [6, 6.07) is 0. The minimum Gasteiger partial charge on any atom is -0.381 e. The van der Waals surface area contributed by atoms with Gasteiger partial charge in [0.2, 0.25) is 0 Å². The second kappa shape index (κ2) is 5.98. The Morgan fingerprint density at radius 2 is 1.86 bits per heavy atom. The molecule has 3 fully saturated rings. The van der Waals surface area contributed by atoms with E-state index in [1.54, 1.807) is 0 Å². The van der Waals surface area contributed by atoms with Crippen molar-refractivity contribution in [3.8, 4) is 0 Å². The van der Waals surface area contributed by atoms with Crippen LogP contribution in [-0.2, 0) is 14.3 Å². The summed E-state index contributed by atoms with van der Waals surface area (Å²) in [5.41, 5.74) is 5.83. The van der Waals surface area contributed by atoms with Crippen LogP contribution < -0.4 is 5.73 Å². The van der Waals surface area contributed by atoms with E-state index in [1.165, 1.54) is 6.42 Å². The van der Waals surface area contributed by atoms with Crippen LogP contribution in [0.5, 0.6) is 0 Å². The molecule has 0 amide bonds. The Morgan fingerprint density at radius 1 is 1.10 bits per heavy atom. The zero-order valence-corrected chi connectivity index (χ0v) is 13.2. The van der Waals surface area contributed by atoms with Crippen molar-refractivity contribution in [2.45, 2.75) is 69.4 Å². The van der Waals surface area contributed by atoms with Gasteiger partial charge < -0.3 is 15.2 Å². The molecule has 21 heavy (non-hydrogen) atoms. The molecule has 1 aliphatic carbocycles. The molecule has 2 aliphatic heterocycles. The zero-order valence-electron chi connectivity index (χ0n) is 13.2. The van der Waals surface area contributed by atoms with E-state index >= 15 is 0 Å². The first-order chi connectivity index (χ1) is 10.0. The lowest BCUT2D eigenvalue weighted by atomic mass is 9.68. The summed E-state index contributed by atoms with van der Waals surface area (Å²) in [4.78, 5) is 13.0. The number of Topliss-reactive ketones (excluding diaryl/α,β-unsaturated/α-hetero) is 1. The Bertz CT molecular complexity index is 386. The summed E-state index contributed by atoms with van der Waals surface area (Å²) >= 11 is 0. The normalized spacial score (nSPS) is 40.1. The smallest absolute Gasteiger partial charge is 0.155 e. The molecule has 2 saturated heterocycles. The summed E-state index contributed by atoms with van der Waals surface area (Å²) in [7, 11) is 0. The molecular weight excluding hydrogens is 266 g/mol. The van der Waals surface area contributed by atoms with Gasteiger partial charge in [-0.05, 0) is 44.4 Å². The molecule has 4 heteroatoms. The summed E-state index contributed by atoms with van der Waals surface area (Å²) in [5, 5.41) is 0. The number of hydrogen-bond acceptors (Lipinski definition) is 4. The largest absolute Gasteiger partial charge is 0.381 e. The molecule has 3 rings (SSSR count). The van der Waals surface area contributed by atoms with Gasteiger partial charge in [-0.15, -0.1) is 0 Å². The average molecular weight is 295 g/mol. The van der Waals surface area contributed by atoms with E-state index < -0.39 is 5.54 Å². The monoisotopic (exact) mass is 295 g/mol. The van der Waals surface area contributed by atoms with Crippen LogP contribution in [-0.4, -0.2) is 36.7 Å². The summed E-state index contributed by atoms with van der Waals surface area (Å²) < 4.78 is 11.5. The number of hydrogen-bond donors (Lipinski definition) is 1. The van der Waals surface area contributed by atoms with Gasteiger partial charge >= 0.3 is 0 Å². The van der Waals surface area contributed by atoms with Crippen LogP contribution in [0.25, 0.3) is 0 Å². The van der Waals surface area contributed by atoms with E-state index in [4.69, 9.17) is 15.2 Å². The maximum absolute atomic E-state index is 13.0. The predicted octanol–water partition coefficient (Wildman–Crippen LogP) is 2.44. The first-order valence-corrected chi connectivity index (χ1v) is 8.58. The first-order valence-electron chi connectivity index (χ1n) is 8.58. The Labute approximate surface area is 127 Å². The van der Waals surface area contributed by atoms with Crippen LogP contribution in [0.3, 0.4) is 0 Å². The lowest BCUT2D eigenvalue weighted by Crippen LogP contribution is -2.56. The van der Waals surface area contributed by atoms with E-state index in [-0.39, 0.29) is 11.5 Å². The topological polar surface area (TPSA) is 61.6 Å². The second-order valence-electron chi connectivity index (χ2n) is 7.56. The molecule has 0 aromatic carbocycles. The van der Waals surface area contributed by atoms with Crippen molar-refractivity contribution >= 4 is 5.78 Å². The van der Waals surface area contributed by atoms with Gasteiger partial charge in [0.1, 0.15) is 0 Å². The summed E-state index contributed by atoms with van der Waals surface area (Å²) in [6.45, 7) is 4.43. The molecule has 4 nitrogen and oxygen atoms in total. The third-order valence-electron chi connectivity index (χ3n) is 5.79. The molecule has 1 spiro atoms. The van der Waals surface area contributed by atoms with Crippen molar-refractivity contribution < 1.29 is 14.3 Å². The van der Waals surface area contributed by atoms with Gasteiger partial charge in [-0.2, -0.15) is 0 Å². The van der Waals surface area contributed by atoms with Gasteiger partial charge in [-0.3, -0.25) is 4.79 Å². The van der Waals surface area contributed by atoms with Crippen LogP contribution in [0.4, 0.5) is 0 Å². The molecule has 2 heterocycles. The standard InChI is InChI=1S/C17H29NO3/c1-13-3-2-5-17(18,11-13)15(19)14-4-8-21-16(12-14)6-9-20-10-7-16/h13-14H,2-12,18H2,1H3. The zero-order chi connectivity index (χ0) is 14.9. The number of ether oxygens (including phenoxy) is 2. The quantitative estimate of drug-likeness (QED) is 0.850. The predicted molar refractivity (Wildman–Crippen MR) is 81.0 cm³/mol. The van der Waals surface area contributed by atoms with Gasteiger partial charge in [-0.25, -0.2) is 0 Å². The highest BCUT2D eigenvalue weighted by molar-refractivity contribution is 5.90. The number of carbonyl (C=O) groups is 1. The fourth-order valence-corrected chi connectivity index (χ4v) is 4.57. The van der Waals surface area contributed by atoms with Gasteiger partial charge in [0.25, 0.3) is 0 Å². The van der Waals surface area contributed by atoms with Crippen LogP contribution >= 0.6 is 0 Å². The van der Waals surface area contributed by atoms with Crippen molar-refractivity contribution in [3.63, 3.8) is 0 Å². The molecule has 0 aromatic rings. The molecule has 1 saturated carbocycles. The highest BCUT2D eigenvalue weighted by Crippen LogP contribution is 2.41. The molecule has 3 unspecified atom stereocenters. The number of nitrogens with two attached hydrogens (primary N) is 1. The van der Waals surface area contributed by atoms with Crippen molar-refractivity contribution in [3.05, 3.63) is 0 Å². The number of carbonyl (C=O) groups excluding carboxylic acids is 1. The van der Waals surface area contributed by atoms with E-state index in [0.29, 0.717) is 18.3 Å². The molecule has 120 valence electrons. The lowest BCUT2D eigenvalue weighted by molar-refractivity contribution is -0.160. The highest BCUT2D eigenvalue weighted by Gasteiger charge is 2.46. The number of rotatable bonds is 2. The van der Waals surface area contributed by atoms with Gasteiger partial charge in [0.05, 0.1) is 11.1 Å². The maximum Gasteiger partial charge on any atom is 0.155 e. The Balaban J connectivity index is 1.69. The molecule has 0 bridgehead atoms. The van der Waals surface area contributed by atoms with E-state index in [2.05, 4.69) is 6.92 Å². The molecular formula is C17H29NO3. The van der Waals surface area contributed by atoms with Crippen molar-refractivity contribution in [1.82, 2.24) is 0 Å². The van der Waals surface area contributed by atoms with E-state index in [9.17, 15) is 4.79 Å². The van der Waals surface area contributed by atoms with E-state index in [0.717, 1.165) is 58.2 Å². The molecule has 0 aromatic heterocycles. The van der Waals surface area contributed by atoms with Crippen molar-refractivity contribution in [2.24, 2.45) is 17.6 Å². The fourth-order valence-electron chi connectivity index (χ4n) is 4.57. The third-order valence-corrected chi connectivity index (χ3v) is 5.79. The van der Waals surface area contributed by atoms with Crippen LogP contribution in [0.1, 0.15) is 58.3 Å². The van der Waals surface area contributed by atoms with Gasteiger partial charge in [0.15, 0.2) is 5.78 Å². The van der Waals surface area contributed by atoms with Gasteiger partial charge in [-0.1, -0.05) is 19.8 Å². The highest BCUT2D eigenvalue weighted by atomic mass is 16.5. The molecule has 0 radical (unpaired) electrons. The van der Waals surface area contributed by atoms with Crippen molar-refractivity contribution in [1.29, 1.82) is 0 Å². The van der Waals surface area contributed by atoms with Gasteiger partial charge in [0, 0.05) is 25.7 Å². The molecule has 3 atom stereocenters. The number of ketones is 1. The molecule has 3 aliphatic rings. The lowest BCUT2D eigenvalue weighted by Gasteiger charge is -2.45. The summed E-state index contributed by atoms with van der Waals surface area (Å²) in [6.07, 6.45) is 7.56. The van der Waals surface area contributed by atoms with Crippen LogP contribution in [0.2, 0.25) is 0 Å². The first kappa shape index (κ1) is 15.4. The van der Waals surface area contributed by atoms with Crippen LogP contribution in [0, 0.1) is 11.8 Å². The third kappa shape index (κ3) is 3.17.